The fraction of sp³-hybridized carbons (Fsp3) is 0.500. The van der Waals surface area contributed by atoms with Crippen LogP contribution in [0.3, 0.4) is 0 Å². The largest absolute Gasteiger partial charge is 0.480 e. The van der Waals surface area contributed by atoms with E-state index in [0.717, 1.165) is 0 Å². The molecule has 0 aliphatic heterocycles. The molecule has 0 bridgehead atoms. The van der Waals surface area contributed by atoms with Crippen LogP contribution >= 0.6 is 0 Å². The highest BCUT2D eigenvalue weighted by atomic mass is 16.4. The highest BCUT2D eigenvalue weighted by molar-refractivity contribution is 5.92. The van der Waals surface area contributed by atoms with Gasteiger partial charge in [0.15, 0.2) is 0 Å². The Bertz CT molecular complexity index is 190. The highest BCUT2D eigenvalue weighted by Gasteiger charge is 1.99. The van der Waals surface area contributed by atoms with Crippen molar-refractivity contribution in [3.8, 4) is 0 Å². The van der Waals surface area contributed by atoms with Crippen LogP contribution in [0.15, 0.2) is 0 Å². The minimum Gasteiger partial charge on any atom is -0.480 e. The number of carbonyl (C=O) groups excluding carboxylic acids is 2. The van der Waals surface area contributed by atoms with Gasteiger partial charge in [-0.15, -0.1) is 0 Å². The van der Waals surface area contributed by atoms with Crippen LogP contribution in [0.25, 0.3) is 0 Å². The molecule has 7 nitrogen and oxygen atoms in total. The first-order valence-corrected chi connectivity index (χ1v) is 3.32. The van der Waals surface area contributed by atoms with E-state index in [1.54, 1.807) is 5.32 Å². The third-order valence-electron chi connectivity index (χ3n) is 0.689. The number of nitrogens with one attached hydrogen (secondary N) is 1. The minimum absolute atomic E-state index is 0.437. The molecule has 3 amide bonds. The molecule has 6 N–H and O–H groups in total. The van der Waals surface area contributed by atoms with E-state index in [4.69, 9.17) is 10.8 Å². The Kier molecular flexibility index (Phi) is 7.54. The summed E-state index contributed by atoms with van der Waals surface area (Å²) in [6, 6.07) is -1.54. The standard InChI is InChI=1S/C3H6N2O2.C3H7NO2/c1-2(6)5-3(4)7;1-2(4)3(5)6/h1H3,(H3,4,5,6,7);2H,4H2,1H3,(H,5,6). The molecular weight excluding hydrogens is 178 g/mol. The van der Waals surface area contributed by atoms with Gasteiger partial charge < -0.3 is 16.6 Å². The molecular formula is C6H13N3O4. The summed E-state index contributed by atoms with van der Waals surface area (Å²) in [4.78, 5) is 29.1. The smallest absolute Gasteiger partial charge is 0.320 e. The van der Waals surface area contributed by atoms with Crippen LogP contribution in [0.1, 0.15) is 13.8 Å². The highest BCUT2D eigenvalue weighted by Crippen LogP contribution is 1.68. The van der Waals surface area contributed by atoms with E-state index in [9.17, 15) is 14.4 Å². The number of imide groups is 1. The predicted molar refractivity (Wildman–Crippen MR) is 44.7 cm³/mol. The average Bonchev–Trinajstić information content (AvgIpc) is 1.84. The van der Waals surface area contributed by atoms with E-state index in [-0.39, 0.29) is 0 Å². The second-order valence-electron chi connectivity index (χ2n) is 2.17. The van der Waals surface area contributed by atoms with Crippen LogP contribution in [-0.4, -0.2) is 29.1 Å². The number of rotatable bonds is 1. The summed E-state index contributed by atoms with van der Waals surface area (Å²) >= 11 is 0. The summed E-state index contributed by atoms with van der Waals surface area (Å²) in [6.45, 7) is 2.63. The van der Waals surface area contributed by atoms with Crippen molar-refractivity contribution in [3.63, 3.8) is 0 Å². The number of carboxylic acid groups (broad SMARTS) is 1. The lowest BCUT2D eigenvalue weighted by Crippen LogP contribution is -2.32. The third kappa shape index (κ3) is 17.9. The van der Waals surface area contributed by atoms with Gasteiger partial charge in [0.05, 0.1) is 0 Å². The second-order valence-corrected chi connectivity index (χ2v) is 2.17. The number of amides is 3. The number of aliphatic carboxylic acids is 1. The fourth-order valence-electron chi connectivity index (χ4n) is 0.173. The number of hydrogen-bond acceptors (Lipinski definition) is 4. The zero-order valence-corrected chi connectivity index (χ0v) is 7.40. The van der Waals surface area contributed by atoms with Gasteiger partial charge >= 0.3 is 12.0 Å². The maximum atomic E-state index is 9.84. The summed E-state index contributed by atoms with van der Waals surface area (Å²) in [5.41, 5.74) is 9.36. The van der Waals surface area contributed by atoms with Gasteiger partial charge in [0.25, 0.3) is 0 Å². The number of carbonyl (C=O) groups is 3. The van der Waals surface area contributed by atoms with Gasteiger partial charge in [-0.3, -0.25) is 14.9 Å². The molecule has 0 fully saturated rings. The molecule has 0 spiro atoms. The zero-order valence-electron chi connectivity index (χ0n) is 7.40. The molecule has 0 aromatic heterocycles. The Morgan fingerprint density at radius 3 is 1.69 bits per heavy atom. The molecule has 1 atom stereocenters. The van der Waals surface area contributed by atoms with E-state index in [1.807, 2.05) is 0 Å². The Hall–Kier alpha value is -1.63. The van der Waals surface area contributed by atoms with Crippen LogP contribution in [0, 0.1) is 0 Å². The van der Waals surface area contributed by atoms with Gasteiger partial charge in [-0.25, -0.2) is 4.79 Å². The van der Waals surface area contributed by atoms with Crippen LogP contribution in [0.4, 0.5) is 4.79 Å². The Labute approximate surface area is 75.1 Å². The zero-order chi connectivity index (χ0) is 11.0. The molecule has 0 aliphatic rings. The summed E-state index contributed by atoms with van der Waals surface area (Å²) in [6.07, 6.45) is 0. The first-order valence-electron chi connectivity index (χ1n) is 3.32. The molecule has 0 radical (unpaired) electrons. The monoisotopic (exact) mass is 191 g/mol. The molecule has 13 heavy (non-hydrogen) atoms. The van der Waals surface area contributed by atoms with Crippen molar-refractivity contribution in [2.24, 2.45) is 11.5 Å². The van der Waals surface area contributed by atoms with Crippen LogP contribution in [0.2, 0.25) is 0 Å². The lowest BCUT2D eigenvalue weighted by atomic mass is 10.4. The normalized spacial score (nSPS) is 10.4. The lowest BCUT2D eigenvalue weighted by Gasteiger charge is -1.90. The van der Waals surface area contributed by atoms with Gasteiger partial charge in [0.2, 0.25) is 5.91 Å². The van der Waals surface area contributed by atoms with Gasteiger partial charge in [0, 0.05) is 6.92 Å². The first-order chi connectivity index (χ1) is 5.77. The molecule has 76 valence electrons. The lowest BCUT2D eigenvalue weighted by molar-refractivity contribution is -0.138. The number of carboxylic acids is 1. The van der Waals surface area contributed by atoms with Crippen LogP contribution in [0.5, 0.6) is 0 Å². The third-order valence-corrected chi connectivity index (χ3v) is 0.689. The van der Waals surface area contributed by atoms with Crippen molar-refractivity contribution < 1.29 is 19.5 Å². The number of nitrogens with two attached hydrogens (primary N) is 2. The maximum absolute atomic E-state index is 9.84. The molecule has 0 rings (SSSR count). The Morgan fingerprint density at radius 1 is 1.38 bits per heavy atom. The van der Waals surface area contributed by atoms with Crippen LogP contribution in [-0.2, 0) is 9.59 Å². The van der Waals surface area contributed by atoms with E-state index in [2.05, 4.69) is 5.73 Å². The molecule has 1 unspecified atom stereocenters. The van der Waals surface area contributed by atoms with Gasteiger partial charge in [-0.05, 0) is 6.92 Å². The quantitative estimate of drug-likeness (QED) is 0.405. The summed E-state index contributed by atoms with van der Waals surface area (Å²) in [7, 11) is 0. The molecule has 0 aliphatic carbocycles. The number of primary amides is 1. The number of urea groups is 1. The molecule has 0 aromatic rings. The van der Waals surface area contributed by atoms with Crippen molar-refractivity contribution in [3.05, 3.63) is 0 Å². The molecule has 0 heterocycles. The molecule has 0 aromatic carbocycles. The summed E-state index contributed by atoms with van der Waals surface area (Å²) in [5.74, 6) is -1.40. The minimum atomic E-state index is -0.963. The summed E-state index contributed by atoms with van der Waals surface area (Å²) in [5, 5.41) is 9.67. The van der Waals surface area contributed by atoms with Crippen molar-refractivity contribution in [2.45, 2.75) is 19.9 Å². The van der Waals surface area contributed by atoms with Crippen molar-refractivity contribution in [1.82, 2.24) is 5.32 Å². The van der Waals surface area contributed by atoms with Crippen molar-refractivity contribution in [2.75, 3.05) is 0 Å². The maximum Gasteiger partial charge on any atom is 0.320 e. The topological polar surface area (TPSA) is 136 Å². The predicted octanol–water partition coefficient (Wildman–Crippen LogP) is -1.38. The fourth-order valence-corrected chi connectivity index (χ4v) is 0.173. The first kappa shape index (κ1) is 13.9. The Morgan fingerprint density at radius 2 is 1.69 bits per heavy atom. The van der Waals surface area contributed by atoms with E-state index in [0.29, 0.717) is 0 Å². The molecule has 0 saturated heterocycles. The van der Waals surface area contributed by atoms with Crippen molar-refractivity contribution >= 4 is 17.9 Å². The van der Waals surface area contributed by atoms with E-state index < -0.39 is 23.9 Å². The summed E-state index contributed by atoms with van der Waals surface area (Å²) < 4.78 is 0. The van der Waals surface area contributed by atoms with Crippen LogP contribution < -0.4 is 16.8 Å². The molecule has 7 heteroatoms. The SMILES string of the molecule is CC(=O)NC(N)=O.CC(N)C(=O)O. The average molecular weight is 191 g/mol. The van der Waals surface area contributed by atoms with Gasteiger partial charge in [-0.1, -0.05) is 0 Å². The number of hydrogen-bond donors (Lipinski definition) is 4. The van der Waals surface area contributed by atoms with Gasteiger partial charge in [-0.2, -0.15) is 0 Å². The van der Waals surface area contributed by atoms with E-state index >= 15 is 0 Å². The van der Waals surface area contributed by atoms with E-state index in [1.165, 1.54) is 13.8 Å². The van der Waals surface area contributed by atoms with Gasteiger partial charge in [0.1, 0.15) is 6.04 Å². The molecule has 0 saturated carbocycles. The van der Waals surface area contributed by atoms with Crippen molar-refractivity contribution in [1.29, 1.82) is 0 Å². The second kappa shape index (κ2) is 7.04. The Balaban J connectivity index is 0.